The van der Waals surface area contributed by atoms with Gasteiger partial charge in [0.1, 0.15) is 5.82 Å². The molecule has 0 unspecified atom stereocenters. The Labute approximate surface area is 140 Å². The van der Waals surface area contributed by atoms with Crippen LogP contribution >= 0.6 is 0 Å². The monoisotopic (exact) mass is 326 g/mol. The number of carbonyl (C=O) groups excluding carboxylic acids is 2. The molecule has 0 radical (unpaired) electrons. The molecule has 24 heavy (non-hydrogen) atoms. The van der Waals surface area contributed by atoms with Crippen molar-refractivity contribution in [1.29, 1.82) is 0 Å². The first-order valence-electron chi connectivity index (χ1n) is 7.95. The molecule has 2 aromatic carbocycles. The van der Waals surface area contributed by atoms with E-state index in [4.69, 9.17) is 0 Å². The summed E-state index contributed by atoms with van der Waals surface area (Å²) in [6.07, 6.45) is 2.11. The van der Waals surface area contributed by atoms with Crippen molar-refractivity contribution in [3.63, 3.8) is 0 Å². The van der Waals surface area contributed by atoms with Crippen LogP contribution in [0.3, 0.4) is 0 Å². The Kier molecular flexibility index (Phi) is 4.60. The zero-order chi connectivity index (χ0) is 17.0. The Bertz CT molecular complexity index is 725. The summed E-state index contributed by atoms with van der Waals surface area (Å²) in [5, 5.41) is 5.43. The number of amides is 2. The zero-order valence-corrected chi connectivity index (χ0v) is 13.2. The molecule has 0 heterocycles. The molecular weight excluding hydrogens is 307 g/mol. The third kappa shape index (κ3) is 3.79. The maximum Gasteiger partial charge on any atom is 0.251 e. The van der Waals surface area contributed by atoms with Gasteiger partial charge >= 0.3 is 0 Å². The van der Waals surface area contributed by atoms with Crippen molar-refractivity contribution in [3.8, 4) is 0 Å². The van der Waals surface area contributed by atoms with Crippen LogP contribution in [0.4, 0.5) is 4.39 Å². The van der Waals surface area contributed by atoms with Crippen LogP contribution in [-0.4, -0.2) is 24.9 Å². The van der Waals surface area contributed by atoms with E-state index in [1.165, 1.54) is 29.8 Å². The third-order valence-electron chi connectivity index (χ3n) is 4.38. The molecule has 0 saturated heterocycles. The van der Waals surface area contributed by atoms with E-state index in [1.54, 1.807) is 0 Å². The molecule has 1 saturated carbocycles. The van der Waals surface area contributed by atoms with Crippen LogP contribution in [0.1, 0.15) is 28.8 Å². The van der Waals surface area contributed by atoms with E-state index in [0.717, 1.165) is 12.8 Å². The van der Waals surface area contributed by atoms with E-state index in [0.29, 0.717) is 12.1 Å². The van der Waals surface area contributed by atoms with E-state index < -0.39 is 11.7 Å². The number of hydrogen-bond acceptors (Lipinski definition) is 2. The molecule has 1 fully saturated rings. The minimum Gasteiger partial charge on any atom is -0.354 e. The lowest BCUT2D eigenvalue weighted by Gasteiger charge is -2.16. The molecule has 3 rings (SSSR count). The van der Waals surface area contributed by atoms with Crippen molar-refractivity contribution >= 4 is 11.8 Å². The highest BCUT2D eigenvalue weighted by atomic mass is 19.1. The average molecular weight is 326 g/mol. The fraction of sp³-hybridized carbons (Fsp3) is 0.263. The van der Waals surface area contributed by atoms with Gasteiger partial charge in [0.15, 0.2) is 0 Å². The molecule has 0 atom stereocenters. The second-order valence-corrected chi connectivity index (χ2v) is 6.11. The maximum absolute atomic E-state index is 12.8. The Morgan fingerprint density at radius 1 is 0.958 bits per heavy atom. The average Bonchev–Trinajstić information content (AvgIpc) is 3.40. The highest BCUT2D eigenvalue weighted by Crippen LogP contribution is 2.47. The molecule has 5 heteroatoms. The van der Waals surface area contributed by atoms with Gasteiger partial charge in [-0.15, -0.1) is 0 Å². The highest BCUT2D eigenvalue weighted by molar-refractivity contribution is 5.96. The number of benzene rings is 2. The smallest absolute Gasteiger partial charge is 0.251 e. The Morgan fingerprint density at radius 3 is 2.25 bits per heavy atom. The Balaban J connectivity index is 1.46. The van der Waals surface area contributed by atoms with Crippen LogP contribution in [0.5, 0.6) is 0 Å². The first-order valence-corrected chi connectivity index (χ1v) is 7.95. The van der Waals surface area contributed by atoms with Crippen LogP contribution < -0.4 is 10.6 Å². The molecule has 0 spiro atoms. The fourth-order valence-electron chi connectivity index (χ4n) is 2.70. The SMILES string of the molecule is O=C(CNC(=O)c1ccc(F)cc1)NCC1(c2ccccc2)CC1. The first kappa shape index (κ1) is 16.2. The largest absolute Gasteiger partial charge is 0.354 e. The van der Waals surface area contributed by atoms with Gasteiger partial charge in [-0.1, -0.05) is 30.3 Å². The molecule has 2 N–H and O–H groups in total. The highest BCUT2D eigenvalue weighted by Gasteiger charge is 2.44. The van der Waals surface area contributed by atoms with Crippen LogP contribution in [0.25, 0.3) is 0 Å². The van der Waals surface area contributed by atoms with Gasteiger partial charge in [-0.05, 0) is 42.7 Å². The maximum atomic E-state index is 12.8. The molecule has 124 valence electrons. The van der Waals surface area contributed by atoms with Crippen LogP contribution in [0, 0.1) is 5.82 Å². The number of hydrogen-bond donors (Lipinski definition) is 2. The quantitative estimate of drug-likeness (QED) is 0.856. The lowest BCUT2D eigenvalue weighted by molar-refractivity contribution is -0.120. The topological polar surface area (TPSA) is 58.2 Å². The summed E-state index contributed by atoms with van der Waals surface area (Å²) in [6, 6.07) is 15.3. The van der Waals surface area contributed by atoms with Crippen molar-refractivity contribution in [2.24, 2.45) is 0 Å². The van der Waals surface area contributed by atoms with E-state index >= 15 is 0 Å². The van der Waals surface area contributed by atoms with Gasteiger partial charge in [0.05, 0.1) is 6.54 Å². The van der Waals surface area contributed by atoms with Gasteiger partial charge in [0.25, 0.3) is 5.91 Å². The number of rotatable bonds is 6. The van der Waals surface area contributed by atoms with E-state index in [-0.39, 0.29) is 17.9 Å². The Hall–Kier alpha value is -2.69. The predicted molar refractivity (Wildman–Crippen MR) is 89.1 cm³/mol. The number of carbonyl (C=O) groups is 2. The van der Waals surface area contributed by atoms with E-state index in [2.05, 4.69) is 22.8 Å². The molecule has 4 nitrogen and oxygen atoms in total. The Morgan fingerprint density at radius 2 is 1.62 bits per heavy atom. The summed E-state index contributed by atoms with van der Waals surface area (Å²) in [7, 11) is 0. The second kappa shape index (κ2) is 6.83. The van der Waals surface area contributed by atoms with Crippen molar-refractivity contribution < 1.29 is 14.0 Å². The van der Waals surface area contributed by atoms with Crippen molar-refractivity contribution in [3.05, 3.63) is 71.5 Å². The molecule has 2 aromatic rings. The summed E-state index contributed by atoms with van der Waals surface area (Å²) in [6.45, 7) is 0.476. The summed E-state index contributed by atoms with van der Waals surface area (Å²) in [5.74, 6) is -1.03. The predicted octanol–water partition coefficient (Wildman–Crippen LogP) is 2.40. The molecule has 1 aliphatic rings. The zero-order valence-electron chi connectivity index (χ0n) is 13.2. The molecule has 0 bridgehead atoms. The van der Waals surface area contributed by atoms with Crippen LogP contribution in [-0.2, 0) is 10.2 Å². The minimum absolute atomic E-state index is 0.0396. The van der Waals surface area contributed by atoms with Gasteiger partial charge in [-0.2, -0.15) is 0 Å². The first-order chi connectivity index (χ1) is 11.6. The van der Waals surface area contributed by atoms with E-state index in [9.17, 15) is 14.0 Å². The van der Waals surface area contributed by atoms with Gasteiger partial charge < -0.3 is 10.6 Å². The molecule has 0 aromatic heterocycles. The van der Waals surface area contributed by atoms with Gasteiger partial charge in [0, 0.05) is 17.5 Å². The third-order valence-corrected chi connectivity index (χ3v) is 4.38. The van der Waals surface area contributed by atoms with Crippen LogP contribution in [0.2, 0.25) is 0 Å². The summed E-state index contributed by atoms with van der Waals surface area (Å²) in [4.78, 5) is 23.8. The van der Waals surface area contributed by atoms with Gasteiger partial charge in [-0.25, -0.2) is 4.39 Å². The molecule has 2 amide bonds. The lowest BCUT2D eigenvalue weighted by atomic mass is 9.96. The van der Waals surface area contributed by atoms with Gasteiger partial charge in [-0.3, -0.25) is 9.59 Å². The number of nitrogens with one attached hydrogen (secondary N) is 2. The van der Waals surface area contributed by atoms with Crippen molar-refractivity contribution in [2.75, 3.05) is 13.1 Å². The van der Waals surface area contributed by atoms with E-state index in [1.807, 2.05) is 18.2 Å². The van der Waals surface area contributed by atoms with Crippen molar-refractivity contribution in [2.45, 2.75) is 18.3 Å². The molecular formula is C19H19FN2O2. The standard InChI is InChI=1S/C19H19FN2O2/c20-16-8-6-14(7-9-16)18(24)21-12-17(23)22-13-19(10-11-19)15-4-2-1-3-5-15/h1-9H,10-13H2,(H,21,24)(H,22,23). The summed E-state index contributed by atoms with van der Waals surface area (Å²) >= 11 is 0. The van der Waals surface area contributed by atoms with Crippen LogP contribution in [0.15, 0.2) is 54.6 Å². The lowest BCUT2D eigenvalue weighted by Crippen LogP contribution is -2.40. The molecule has 0 aliphatic heterocycles. The molecule has 1 aliphatic carbocycles. The minimum atomic E-state index is -0.403. The fourth-order valence-corrected chi connectivity index (χ4v) is 2.70. The summed E-state index contributed by atoms with van der Waals surface area (Å²) in [5.41, 5.74) is 1.60. The number of halogens is 1. The summed E-state index contributed by atoms with van der Waals surface area (Å²) < 4.78 is 12.8. The van der Waals surface area contributed by atoms with Crippen molar-refractivity contribution in [1.82, 2.24) is 10.6 Å². The second-order valence-electron chi connectivity index (χ2n) is 6.11. The van der Waals surface area contributed by atoms with Gasteiger partial charge in [0.2, 0.25) is 5.91 Å². The normalized spacial score (nSPS) is 14.7.